The zero-order valence-corrected chi connectivity index (χ0v) is 21.3. The summed E-state index contributed by atoms with van der Waals surface area (Å²) in [4.78, 5) is 5.73. The Kier molecular flexibility index (Phi) is 6.77. The first kappa shape index (κ1) is 24.1. The predicted molar refractivity (Wildman–Crippen MR) is 149 cm³/mol. The molecule has 4 aromatic carbocycles. The van der Waals surface area contributed by atoms with E-state index >= 15 is 0 Å². The number of aromatic nitrogens is 1. The maximum Gasteiger partial charge on any atom is 0.130 e. The standard InChI is InChI=1S/C33H34N2O/c1-24-13-17-28(18-14-24)33(36,29-19-15-25(2)16-20-29)32(35(3)23-26-9-5-4-6-10-26)21-27-22-34-31-12-8-7-11-30(27)31/h4-20,22,32,34,36H,21,23H2,1-3H3/t32-/m0/s1. The number of aliphatic hydroxyl groups is 1. The Balaban J connectivity index is 1.66. The number of hydrogen-bond donors (Lipinski definition) is 2. The summed E-state index contributed by atoms with van der Waals surface area (Å²) in [6, 6.07) is 35.3. The van der Waals surface area contributed by atoms with Gasteiger partial charge in [0.15, 0.2) is 0 Å². The monoisotopic (exact) mass is 474 g/mol. The highest BCUT2D eigenvalue weighted by molar-refractivity contribution is 5.83. The molecular formula is C33H34N2O. The van der Waals surface area contributed by atoms with Crippen LogP contribution in [0.15, 0.2) is 109 Å². The van der Waals surface area contributed by atoms with Crippen molar-refractivity contribution >= 4 is 10.9 Å². The zero-order valence-electron chi connectivity index (χ0n) is 21.3. The van der Waals surface area contributed by atoms with Gasteiger partial charge < -0.3 is 10.1 Å². The maximum atomic E-state index is 12.9. The van der Waals surface area contributed by atoms with Crippen LogP contribution in [0.5, 0.6) is 0 Å². The average Bonchev–Trinajstić information content (AvgIpc) is 3.31. The van der Waals surface area contributed by atoms with Gasteiger partial charge >= 0.3 is 0 Å². The molecule has 0 aliphatic rings. The molecule has 182 valence electrons. The molecule has 2 N–H and O–H groups in total. The lowest BCUT2D eigenvalue weighted by atomic mass is 9.76. The van der Waals surface area contributed by atoms with Crippen molar-refractivity contribution in [3.05, 3.63) is 143 Å². The minimum Gasteiger partial charge on any atom is -0.379 e. The SMILES string of the molecule is Cc1ccc(C(O)(c2ccc(C)cc2)[C@H](Cc2c[nH]c3ccccc23)N(C)Cc2ccccc2)cc1. The molecular weight excluding hydrogens is 440 g/mol. The largest absolute Gasteiger partial charge is 0.379 e. The van der Waals surface area contributed by atoms with Crippen molar-refractivity contribution in [1.82, 2.24) is 9.88 Å². The van der Waals surface area contributed by atoms with Crippen LogP contribution < -0.4 is 0 Å². The van der Waals surface area contributed by atoms with E-state index in [-0.39, 0.29) is 6.04 Å². The van der Waals surface area contributed by atoms with Crippen molar-refractivity contribution < 1.29 is 5.11 Å². The zero-order chi connectivity index (χ0) is 25.1. The van der Waals surface area contributed by atoms with Crippen LogP contribution >= 0.6 is 0 Å². The van der Waals surface area contributed by atoms with E-state index in [9.17, 15) is 5.11 Å². The van der Waals surface area contributed by atoms with Gasteiger partial charge in [0.1, 0.15) is 5.60 Å². The molecule has 5 aromatic rings. The molecule has 0 amide bonds. The van der Waals surface area contributed by atoms with Gasteiger partial charge in [0, 0.05) is 23.6 Å². The Hall–Kier alpha value is -3.66. The van der Waals surface area contributed by atoms with Gasteiger partial charge in [-0.15, -0.1) is 0 Å². The predicted octanol–water partition coefficient (Wildman–Crippen LogP) is 6.76. The van der Waals surface area contributed by atoms with Crippen LogP contribution in [0.25, 0.3) is 10.9 Å². The normalized spacial score (nSPS) is 12.8. The van der Waals surface area contributed by atoms with Crippen molar-refractivity contribution in [1.29, 1.82) is 0 Å². The Morgan fingerprint density at radius 1 is 0.750 bits per heavy atom. The minimum atomic E-state index is -1.22. The van der Waals surface area contributed by atoms with E-state index in [4.69, 9.17) is 0 Å². The first-order chi connectivity index (χ1) is 17.4. The Morgan fingerprint density at radius 3 is 1.92 bits per heavy atom. The van der Waals surface area contributed by atoms with E-state index in [0.717, 1.165) is 23.2 Å². The number of nitrogens with zero attached hydrogens (tertiary/aromatic N) is 1. The van der Waals surface area contributed by atoms with Crippen LogP contribution in [0.1, 0.15) is 33.4 Å². The fourth-order valence-corrected chi connectivity index (χ4v) is 5.28. The Bertz CT molecular complexity index is 1370. The number of rotatable bonds is 8. The molecule has 0 aliphatic carbocycles. The van der Waals surface area contributed by atoms with Crippen LogP contribution in [0.4, 0.5) is 0 Å². The smallest absolute Gasteiger partial charge is 0.130 e. The van der Waals surface area contributed by atoms with E-state index in [2.05, 4.69) is 134 Å². The van der Waals surface area contributed by atoms with Gasteiger partial charge in [-0.3, -0.25) is 4.90 Å². The number of para-hydroxylation sites is 1. The van der Waals surface area contributed by atoms with Gasteiger partial charge in [0.05, 0.1) is 6.04 Å². The molecule has 36 heavy (non-hydrogen) atoms. The summed E-state index contributed by atoms with van der Waals surface area (Å²) < 4.78 is 0. The fraction of sp³-hybridized carbons (Fsp3) is 0.212. The van der Waals surface area contributed by atoms with Gasteiger partial charge in [-0.1, -0.05) is 108 Å². The van der Waals surface area contributed by atoms with E-state index in [1.165, 1.54) is 27.6 Å². The number of benzene rings is 4. The quantitative estimate of drug-likeness (QED) is 0.261. The molecule has 1 atom stereocenters. The molecule has 1 heterocycles. The molecule has 0 aliphatic heterocycles. The van der Waals surface area contributed by atoms with Gasteiger partial charge in [-0.05, 0) is 55.6 Å². The number of hydrogen-bond acceptors (Lipinski definition) is 2. The molecule has 0 radical (unpaired) electrons. The lowest BCUT2D eigenvalue weighted by molar-refractivity contribution is -0.0147. The van der Waals surface area contributed by atoms with Gasteiger partial charge in [0.2, 0.25) is 0 Å². The Morgan fingerprint density at radius 2 is 1.31 bits per heavy atom. The Labute approximate surface area is 214 Å². The molecule has 0 saturated carbocycles. The molecule has 0 spiro atoms. The third kappa shape index (κ3) is 4.73. The summed E-state index contributed by atoms with van der Waals surface area (Å²) in [5, 5.41) is 14.1. The molecule has 3 heteroatoms. The lowest BCUT2D eigenvalue weighted by Gasteiger charge is -2.42. The molecule has 0 unspecified atom stereocenters. The maximum absolute atomic E-state index is 12.9. The van der Waals surface area contributed by atoms with Crippen molar-refractivity contribution in [2.24, 2.45) is 0 Å². The highest BCUT2D eigenvalue weighted by Gasteiger charge is 2.42. The number of likely N-dealkylation sites (N-methyl/N-ethyl adjacent to an activating group) is 1. The number of nitrogens with one attached hydrogen (secondary N) is 1. The summed E-state index contributed by atoms with van der Waals surface area (Å²) in [5.41, 5.74) is 6.48. The summed E-state index contributed by atoms with van der Waals surface area (Å²) in [5.74, 6) is 0. The molecule has 0 fully saturated rings. The van der Waals surface area contributed by atoms with Crippen LogP contribution in [-0.2, 0) is 18.6 Å². The molecule has 0 saturated heterocycles. The van der Waals surface area contributed by atoms with E-state index < -0.39 is 5.60 Å². The van der Waals surface area contributed by atoms with Crippen LogP contribution in [0.2, 0.25) is 0 Å². The second-order valence-corrected chi connectivity index (χ2v) is 9.98. The van der Waals surface area contributed by atoms with E-state index in [0.29, 0.717) is 6.42 Å². The third-order valence-electron chi connectivity index (χ3n) is 7.36. The first-order valence-corrected chi connectivity index (χ1v) is 12.6. The van der Waals surface area contributed by atoms with Crippen LogP contribution in [-0.4, -0.2) is 28.1 Å². The molecule has 5 rings (SSSR count). The third-order valence-corrected chi connectivity index (χ3v) is 7.36. The first-order valence-electron chi connectivity index (χ1n) is 12.6. The van der Waals surface area contributed by atoms with Crippen LogP contribution in [0.3, 0.4) is 0 Å². The number of aromatic amines is 1. The summed E-state index contributed by atoms with van der Waals surface area (Å²) in [6.45, 7) is 4.90. The van der Waals surface area contributed by atoms with E-state index in [1.54, 1.807) is 0 Å². The van der Waals surface area contributed by atoms with E-state index in [1.807, 2.05) is 6.07 Å². The highest BCUT2D eigenvalue weighted by atomic mass is 16.3. The second kappa shape index (κ2) is 10.1. The highest BCUT2D eigenvalue weighted by Crippen LogP contribution is 2.38. The van der Waals surface area contributed by atoms with Gasteiger partial charge in [-0.2, -0.15) is 0 Å². The minimum absolute atomic E-state index is 0.220. The van der Waals surface area contributed by atoms with Crippen molar-refractivity contribution in [3.8, 4) is 0 Å². The fourth-order valence-electron chi connectivity index (χ4n) is 5.28. The number of fused-ring (bicyclic) bond motifs is 1. The molecule has 3 nitrogen and oxygen atoms in total. The summed E-state index contributed by atoms with van der Waals surface area (Å²) in [6.07, 6.45) is 2.78. The second-order valence-electron chi connectivity index (χ2n) is 9.98. The molecule has 1 aromatic heterocycles. The van der Waals surface area contributed by atoms with Gasteiger partial charge in [0.25, 0.3) is 0 Å². The van der Waals surface area contributed by atoms with Crippen molar-refractivity contribution in [2.45, 2.75) is 38.5 Å². The summed E-state index contributed by atoms with van der Waals surface area (Å²) in [7, 11) is 2.12. The van der Waals surface area contributed by atoms with Crippen molar-refractivity contribution in [2.75, 3.05) is 7.05 Å². The molecule has 0 bridgehead atoms. The van der Waals surface area contributed by atoms with Crippen LogP contribution in [0, 0.1) is 13.8 Å². The topological polar surface area (TPSA) is 39.3 Å². The lowest BCUT2D eigenvalue weighted by Crippen LogP contribution is -2.51. The number of H-pyrrole nitrogens is 1. The average molecular weight is 475 g/mol. The van der Waals surface area contributed by atoms with Gasteiger partial charge in [-0.25, -0.2) is 0 Å². The number of aryl methyl sites for hydroxylation is 2. The summed E-state index contributed by atoms with van der Waals surface area (Å²) >= 11 is 0. The van der Waals surface area contributed by atoms with Crippen molar-refractivity contribution in [3.63, 3.8) is 0 Å².